The number of nitrogens with two attached hydrogens (primary N) is 1. The number of ether oxygens (including phenoxy) is 1. The van der Waals surface area contributed by atoms with E-state index in [1.807, 2.05) is 60.0 Å². The Morgan fingerprint density at radius 1 is 1.19 bits per heavy atom. The van der Waals surface area contributed by atoms with Crippen molar-refractivity contribution in [3.05, 3.63) is 65.5 Å². The first kappa shape index (κ1) is 21.8. The van der Waals surface area contributed by atoms with Crippen LogP contribution in [0.2, 0.25) is 0 Å². The molecule has 0 fully saturated rings. The van der Waals surface area contributed by atoms with Crippen molar-refractivity contribution in [2.24, 2.45) is 0 Å². The molecular weight excluding hydrogens is 444 g/mol. The summed E-state index contributed by atoms with van der Waals surface area (Å²) in [5.41, 5.74) is 8.89. The summed E-state index contributed by atoms with van der Waals surface area (Å²) >= 11 is 2.85. The van der Waals surface area contributed by atoms with E-state index in [4.69, 9.17) is 10.5 Å². The predicted molar refractivity (Wildman–Crippen MR) is 128 cm³/mol. The second-order valence-electron chi connectivity index (χ2n) is 6.92. The smallest absolute Gasteiger partial charge is 0.249 e. The molecular formula is C22H22N6O2S2. The number of aromatic nitrogens is 4. The van der Waals surface area contributed by atoms with Gasteiger partial charge in [0.1, 0.15) is 11.8 Å². The number of rotatable bonds is 8. The highest BCUT2D eigenvalue weighted by atomic mass is 32.2. The summed E-state index contributed by atoms with van der Waals surface area (Å²) < 4.78 is 6.83. The molecule has 3 N–H and O–H groups in total. The summed E-state index contributed by atoms with van der Waals surface area (Å²) in [5.74, 6) is 1.43. The Labute approximate surface area is 193 Å². The average molecular weight is 467 g/mol. The van der Waals surface area contributed by atoms with Gasteiger partial charge in [0.25, 0.3) is 0 Å². The van der Waals surface area contributed by atoms with E-state index in [0.717, 1.165) is 22.6 Å². The maximum Gasteiger partial charge on any atom is 0.249 e. The van der Waals surface area contributed by atoms with Crippen LogP contribution in [0.4, 0.5) is 11.1 Å². The van der Waals surface area contributed by atoms with Crippen molar-refractivity contribution >= 4 is 40.1 Å². The molecule has 0 saturated heterocycles. The topological polar surface area (TPSA) is 108 Å². The molecule has 0 bridgehead atoms. The van der Waals surface area contributed by atoms with Crippen molar-refractivity contribution < 1.29 is 9.53 Å². The van der Waals surface area contributed by atoms with Crippen LogP contribution in [0.15, 0.2) is 65.1 Å². The van der Waals surface area contributed by atoms with E-state index in [0.29, 0.717) is 16.0 Å². The van der Waals surface area contributed by atoms with E-state index in [1.54, 1.807) is 18.6 Å². The zero-order valence-electron chi connectivity index (χ0n) is 17.6. The summed E-state index contributed by atoms with van der Waals surface area (Å²) in [4.78, 5) is 17.4. The normalized spacial score (nSPS) is 11.8. The van der Waals surface area contributed by atoms with E-state index in [2.05, 4.69) is 20.5 Å². The predicted octanol–water partition coefficient (Wildman–Crippen LogP) is 4.48. The molecule has 1 amide bonds. The molecule has 4 rings (SSSR count). The van der Waals surface area contributed by atoms with E-state index in [-0.39, 0.29) is 11.9 Å². The van der Waals surface area contributed by atoms with Crippen LogP contribution in [0.5, 0.6) is 5.75 Å². The number of carbonyl (C=O) groups excluding carboxylic acids is 1. The van der Waals surface area contributed by atoms with Gasteiger partial charge in [-0.3, -0.25) is 9.36 Å². The average Bonchev–Trinajstić information content (AvgIpc) is 3.44. The van der Waals surface area contributed by atoms with Gasteiger partial charge in [0.15, 0.2) is 10.3 Å². The number of thiazole rings is 1. The van der Waals surface area contributed by atoms with Crippen LogP contribution in [0, 0.1) is 0 Å². The van der Waals surface area contributed by atoms with Gasteiger partial charge in [-0.2, -0.15) is 0 Å². The number of amides is 1. The molecule has 164 valence electrons. The number of benzene rings is 2. The summed E-state index contributed by atoms with van der Waals surface area (Å²) in [6, 6.07) is 17.0. The fraction of sp³-hybridized carbons (Fsp3) is 0.182. The van der Waals surface area contributed by atoms with Crippen molar-refractivity contribution in [1.82, 2.24) is 19.7 Å². The standard InChI is InChI=1S/C22H22N6O2S2/c1-14(28-20(23)26-27-22(28)32-12-15-6-4-3-5-7-15)19(29)25-21-24-18(13-31-21)16-8-10-17(30-2)11-9-16/h3-11,13-14H,12H2,1-2H3,(H2,23,26)(H,24,25,29). The Morgan fingerprint density at radius 2 is 1.94 bits per heavy atom. The van der Waals surface area contributed by atoms with Gasteiger partial charge in [-0.25, -0.2) is 4.98 Å². The Hall–Kier alpha value is -3.37. The third-order valence-corrected chi connectivity index (χ3v) is 6.56. The molecule has 4 aromatic rings. The number of nitrogens with one attached hydrogen (secondary N) is 1. The monoisotopic (exact) mass is 466 g/mol. The van der Waals surface area contributed by atoms with Crippen LogP contribution in [-0.2, 0) is 10.5 Å². The van der Waals surface area contributed by atoms with Crippen molar-refractivity contribution in [3.63, 3.8) is 0 Å². The highest BCUT2D eigenvalue weighted by Crippen LogP contribution is 2.29. The van der Waals surface area contributed by atoms with Gasteiger partial charge in [0.05, 0.1) is 12.8 Å². The minimum atomic E-state index is -0.600. The summed E-state index contributed by atoms with van der Waals surface area (Å²) in [6.45, 7) is 1.76. The summed E-state index contributed by atoms with van der Waals surface area (Å²) in [7, 11) is 1.63. The minimum Gasteiger partial charge on any atom is -0.497 e. The minimum absolute atomic E-state index is 0.196. The number of nitrogens with zero attached hydrogens (tertiary/aromatic N) is 4. The molecule has 0 saturated carbocycles. The Balaban J connectivity index is 1.44. The van der Waals surface area contributed by atoms with Gasteiger partial charge in [0, 0.05) is 16.7 Å². The van der Waals surface area contributed by atoms with Crippen molar-refractivity contribution in [2.75, 3.05) is 18.2 Å². The van der Waals surface area contributed by atoms with Gasteiger partial charge in [-0.15, -0.1) is 21.5 Å². The highest BCUT2D eigenvalue weighted by molar-refractivity contribution is 7.98. The van der Waals surface area contributed by atoms with E-state index in [9.17, 15) is 4.79 Å². The number of hydrogen-bond acceptors (Lipinski definition) is 8. The van der Waals surface area contributed by atoms with Crippen LogP contribution in [0.25, 0.3) is 11.3 Å². The number of carbonyl (C=O) groups is 1. The summed E-state index contributed by atoms with van der Waals surface area (Å²) in [5, 5.41) is 14.0. The third-order valence-electron chi connectivity index (χ3n) is 4.79. The molecule has 0 radical (unpaired) electrons. The first-order chi connectivity index (χ1) is 15.5. The third kappa shape index (κ3) is 4.92. The van der Waals surface area contributed by atoms with E-state index in [1.165, 1.54) is 23.1 Å². The molecule has 8 nitrogen and oxygen atoms in total. The molecule has 0 aliphatic heterocycles. The lowest BCUT2D eigenvalue weighted by molar-refractivity contribution is -0.118. The molecule has 1 unspecified atom stereocenters. The number of thioether (sulfide) groups is 1. The first-order valence-electron chi connectivity index (χ1n) is 9.83. The Kier molecular flexibility index (Phi) is 6.72. The van der Waals surface area contributed by atoms with E-state index >= 15 is 0 Å². The molecule has 2 aromatic carbocycles. The van der Waals surface area contributed by atoms with Crippen LogP contribution in [0.3, 0.4) is 0 Å². The molecule has 0 aliphatic rings. The number of anilines is 2. The second kappa shape index (κ2) is 9.84. The highest BCUT2D eigenvalue weighted by Gasteiger charge is 2.23. The van der Waals surface area contributed by atoms with Gasteiger partial charge in [-0.05, 0) is 36.8 Å². The van der Waals surface area contributed by atoms with Gasteiger partial charge in [0.2, 0.25) is 11.9 Å². The number of methoxy groups -OCH3 is 1. The lowest BCUT2D eigenvalue weighted by Crippen LogP contribution is -2.25. The van der Waals surface area contributed by atoms with Gasteiger partial charge < -0.3 is 15.8 Å². The fourth-order valence-corrected chi connectivity index (χ4v) is 4.73. The maximum absolute atomic E-state index is 12.9. The quantitative estimate of drug-likeness (QED) is 0.369. The molecule has 2 aromatic heterocycles. The summed E-state index contributed by atoms with van der Waals surface area (Å²) in [6.07, 6.45) is 0. The molecule has 0 aliphatic carbocycles. The lowest BCUT2D eigenvalue weighted by Gasteiger charge is -2.15. The van der Waals surface area contributed by atoms with Crippen molar-refractivity contribution in [1.29, 1.82) is 0 Å². The van der Waals surface area contributed by atoms with Crippen molar-refractivity contribution in [2.45, 2.75) is 23.9 Å². The molecule has 0 spiro atoms. The molecule has 1 atom stereocenters. The zero-order chi connectivity index (χ0) is 22.5. The molecule has 32 heavy (non-hydrogen) atoms. The fourth-order valence-electron chi connectivity index (χ4n) is 3.03. The zero-order valence-corrected chi connectivity index (χ0v) is 19.2. The van der Waals surface area contributed by atoms with Crippen LogP contribution in [0.1, 0.15) is 18.5 Å². The maximum atomic E-state index is 12.9. The first-order valence-corrected chi connectivity index (χ1v) is 11.7. The number of nitrogen functional groups attached to an aromatic ring is 1. The van der Waals surface area contributed by atoms with Gasteiger partial charge in [-0.1, -0.05) is 42.1 Å². The SMILES string of the molecule is COc1ccc(-c2csc(NC(=O)C(C)n3c(N)nnc3SCc3ccccc3)n2)cc1. The van der Waals surface area contributed by atoms with E-state index < -0.39 is 6.04 Å². The molecule has 2 heterocycles. The largest absolute Gasteiger partial charge is 0.497 e. The Bertz CT molecular complexity index is 1190. The van der Waals surface area contributed by atoms with Crippen LogP contribution in [-0.4, -0.2) is 32.8 Å². The Morgan fingerprint density at radius 3 is 2.66 bits per heavy atom. The van der Waals surface area contributed by atoms with Crippen LogP contribution >= 0.6 is 23.1 Å². The van der Waals surface area contributed by atoms with Crippen molar-refractivity contribution in [3.8, 4) is 17.0 Å². The number of hydrogen-bond donors (Lipinski definition) is 2. The van der Waals surface area contributed by atoms with Gasteiger partial charge >= 0.3 is 0 Å². The molecule has 10 heteroatoms. The lowest BCUT2D eigenvalue weighted by atomic mass is 10.2. The second-order valence-corrected chi connectivity index (χ2v) is 8.72. The van der Waals surface area contributed by atoms with Crippen LogP contribution < -0.4 is 15.8 Å².